The molecule has 1 N–H and O–H groups in total. The summed E-state index contributed by atoms with van der Waals surface area (Å²) in [5, 5.41) is 7.25. The van der Waals surface area contributed by atoms with Crippen molar-refractivity contribution in [3.63, 3.8) is 0 Å². The predicted octanol–water partition coefficient (Wildman–Crippen LogP) is 0.952. The molecule has 0 spiro atoms. The van der Waals surface area contributed by atoms with Gasteiger partial charge in [-0.05, 0) is 32.9 Å². The lowest BCUT2D eigenvalue weighted by Gasteiger charge is -2.32. The Morgan fingerprint density at radius 3 is 3.00 bits per heavy atom. The first-order valence-corrected chi connectivity index (χ1v) is 6.03. The molecule has 1 atom stereocenters. The second-order valence-corrected chi connectivity index (χ2v) is 4.30. The van der Waals surface area contributed by atoms with Crippen molar-refractivity contribution in [3.8, 4) is 0 Å². The number of likely N-dealkylation sites (N-methyl/N-ethyl adjacent to an activating group) is 1. The molecule has 16 heavy (non-hydrogen) atoms. The highest BCUT2D eigenvalue weighted by molar-refractivity contribution is 4.86. The highest BCUT2D eigenvalue weighted by atomic mass is 16.5. The zero-order valence-corrected chi connectivity index (χ0v) is 10.1. The van der Waals surface area contributed by atoms with Gasteiger partial charge < -0.3 is 9.84 Å². The van der Waals surface area contributed by atoms with Gasteiger partial charge in [0.05, 0.1) is 6.54 Å². The third-order valence-electron chi connectivity index (χ3n) is 3.10. The number of nitrogens with zero attached hydrogens (tertiary/aromatic N) is 3. The zero-order valence-electron chi connectivity index (χ0n) is 10.1. The second-order valence-electron chi connectivity index (χ2n) is 4.30. The number of hydrogen-bond acceptors (Lipinski definition) is 5. The van der Waals surface area contributed by atoms with Crippen molar-refractivity contribution in [2.24, 2.45) is 0 Å². The summed E-state index contributed by atoms with van der Waals surface area (Å²) < 4.78 is 5.16. The third kappa shape index (κ3) is 2.80. The molecular formula is C11H20N4O. The first-order chi connectivity index (χ1) is 7.79. The molecule has 0 saturated carbocycles. The molecule has 5 heteroatoms. The Labute approximate surface area is 96.2 Å². The third-order valence-corrected chi connectivity index (χ3v) is 3.10. The maximum absolute atomic E-state index is 5.16. The maximum atomic E-state index is 5.16. The molecule has 0 bridgehead atoms. The fraction of sp³-hybridized carbons (Fsp3) is 0.818. The molecule has 0 aliphatic carbocycles. The molecule has 1 aliphatic rings. The lowest BCUT2D eigenvalue weighted by Crippen LogP contribution is -2.45. The van der Waals surface area contributed by atoms with Crippen molar-refractivity contribution in [1.82, 2.24) is 20.4 Å². The monoisotopic (exact) mass is 224 g/mol. The molecule has 1 saturated heterocycles. The van der Waals surface area contributed by atoms with E-state index in [1.807, 2.05) is 6.92 Å². The Hall–Kier alpha value is -0.940. The van der Waals surface area contributed by atoms with Gasteiger partial charge in [-0.15, -0.1) is 0 Å². The van der Waals surface area contributed by atoms with E-state index >= 15 is 0 Å². The molecule has 90 valence electrons. The Balaban J connectivity index is 1.94. The summed E-state index contributed by atoms with van der Waals surface area (Å²) >= 11 is 0. The molecule has 1 aliphatic heterocycles. The van der Waals surface area contributed by atoms with E-state index in [0.29, 0.717) is 11.9 Å². The van der Waals surface area contributed by atoms with Crippen LogP contribution >= 0.6 is 0 Å². The van der Waals surface area contributed by atoms with E-state index in [1.54, 1.807) is 0 Å². The molecule has 1 aromatic heterocycles. The molecule has 0 amide bonds. The van der Waals surface area contributed by atoms with Gasteiger partial charge >= 0.3 is 0 Å². The van der Waals surface area contributed by atoms with Crippen LogP contribution in [-0.4, -0.2) is 40.7 Å². The minimum Gasteiger partial charge on any atom is -0.338 e. The van der Waals surface area contributed by atoms with Crippen LogP contribution in [0.5, 0.6) is 0 Å². The summed E-state index contributed by atoms with van der Waals surface area (Å²) in [6.07, 6.45) is 2.51. The van der Waals surface area contributed by atoms with Gasteiger partial charge in [-0.2, -0.15) is 4.98 Å². The topological polar surface area (TPSA) is 54.2 Å². The molecule has 2 heterocycles. The van der Waals surface area contributed by atoms with Gasteiger partial charge in [-0.25, -0.2) is 0 Å². The summed E-state index contributed by atoms with van der Waals surface area (Å²) in [4.78, 5) is 6.66. The van der Waals surface area contributed by atoms with Crippen LogP contribution < -0.4 is 5.32 Å². The summed E-state index contributed by atoms with van der Waals surface area (Å²) in [6, 6.07) is 0.603. The van der Waals surface area contributed by atoms with E-state index < -0.39 is 0 Å². The van der Waals surface area contributed by atoms with Gasteiger partial charge in [-0.1, -0.05) is 12.1 Å². The molecule has 1 fully saturated rings. The number of nitrogens with one attached hydrogen (secondary N) is 1. The number of rotatable bonds is 4. The molecular weight excluding hydrogens is 204 g/mol. The van der Waals surface area contributed by atoms with Crippen LogP contribution in [0.3, 0.4) is 0 Å². The van der Waals surface area contributed by atoms with Gasteiger partial charge in [0.25, 0.3) is 0 Å². The molecule has 5 nitrogen and oxygen atoms in total. The van der Waals surface area contributed by atoms with Crippen LogP contribution in [0.15, 0.2) is 4.52 Å². The van der Waals surface area contributed by atoms with Crippen molar-refractivity contribution in [3.05, 3.63) is 11.7 Å². The lowest BCUT2D eigenvalue weighted by molar-refractivity contribution is 0.147. The second kappa shape index (κ2) is 5.41. The van der Waals surface area contributed by atoms with Crippen LogP contribution in [0.2, 0.25) is 0 Å². The van der Waals surface area contributed by atoms with Crippen molar-refractivity contribution in [2.75, 3.05) is 19.6 Å². The SMILES string of the molecule is CCN(Cc1nc(C)no1)C1CCCNC1. The summed E-state index contributed by atoms with van der Waals surface area (Å²) in [5.41, 5.74) is 0. The number of piperidine rings is 1. The van der Waals surface area contributed by atoms with Gasteiger partial charge in [0.15, 0.2) is 5.82 Å². The van der Waals surface area contributed by atoms with E-state index in [1.165, 1.54) is 12.8 Å². The van der Waals surface area contributed by atoms with Gasteiger partial charge in [0, 0.05) is 12.6 Å². The van der Waals surface area contributed by atoms with Crippen LogP contribution in [-0.2, 0) is 6.54 Å². The number of hydrogen-bond donors (Lipinski definition) is 1. The van der Waals surface area contributed by atoms with E-state index in [4.69, 9.17) is 4.52 Å². The largest absolute Gasteiger partial charge is 0.338 e. The number of aromatic nitrogens is 2. The highest BCUT2D eigenvalue weighted by Gasteiger charge is 2.21. The average molecular weight is 224 g/mol. The summed E-state index contributed by atoms with van der Waals surface area (Å²) in [7, 11) is 0. The minimum atomic E-state index is 0.603. The smallest absolute Gasteiger partial charge is 0.240 e. The highest BCUT2D eigenvalue weighted by Crippen LogP contribution is 2.13. The van der Waals surface area contributed by atoms with Gasteiger partial charge in [-0.3, -0.25) is 4.90 Å². The molecule has 2 rings (SSSR count). The fourth-order valence-electron chi connectivity index (χ4n) is 2.22. The Morgan fingerprint density at radius 2 is 2.44 bits per heavy atom. The van der Waals surface area contributed by atoms with Crippen molar-refractivity contribution in [1.29, 1.82) is 0 Å². The van der Waals surface area contributed by atoms with Crippen molar-refractivity contribution < 1.29 is 4.52 Å². The van der Waals surface area contributed by atoms with E-state index in [9.17, 15) is 0 Å². The maximum Gasteiger partial charge on any atom is 0.240 e. The predicted molar refractivity (Wildman–Crippen MR) is 61.0 cm³/mol. The normalized spacial score (nSPS) is 21.6. The standard InChI is InChI=1S/C11H20N4O/c1-3-15(10-5-4-6-12-7-10)8-11-13-9(2)14-16-11/h10,12H,3-8H2,1-2H3. The van der Waals surface area contributed by atoms with Gasteiger partial charge in [0.2, 0.25) is 5.89 Å². The van der Waals surface area contributed by atoms with Crippen LogP contribution in [0, 0.1) is 6.92 Å². The first kappa shape index (κ1) is 11.5. The molecule has 0 radical (unpaired) electrons. The zero-order chi connectivity index (χ0) is 11.4. The quantitative estimate of drug-likeness (QED) is 0.825. The Morgan fingerprint density at radius 1 is 1.56 bits per heavy atom. The number of aryl methyl sites for hydroxylation is 1. The van der Waals surface area contributed by atoms with Crippen LogP contribution in [0.25, 0.3) is 0 Å². The minimum absolute atomic E-state index is 0.603. The Kier molecular flexibility index (Phi) is 3.90. The first-order valence-electron chi connectivity index (χ1n) is 6.03. The van der Waals surface area contributed by atoms with E-state index in [-0.39, 0.29) is 0 Å². The van der Waals surface area contributed by atoms with Gasteiger partial charge in [0.1, 0.15) is 0 Å². The van der Waals surface area contributed by atoms with E-state index in [0.717, 1.165) is 32.1 Å². The van der Waals surface area contributed by atoms with Crippen molar-refractivity contribution in [2.45, 2.75) is 39.3 Å². The van der Waals surface area contributed by atoms with E-state index in [2.05, 4.69) is 27.3 Å². The average Bonchev–Trinajstić information content (AvgIpc) is 2.73. The summed E-state index contributed by atoms with van der Waals surface area (Å²) in [6.45, 7) is 8.04. The van der Waals surface area contributed by atoms with Crippen LogP contribution in [0.1, 0.15) is 31.5 Å². The van der Waals surface area contributed by atoms with Crippen molar-refractivity contribution >= 4 is 0 Å². The molecule has 1 aromatic rings. The van der Waals surface area contributed by atoms with Crippen LogP contribution in [0.4, 0.5) is 0 Å². The Bertz CT molecular complexity index is 320. The molecule has 0 aromatic carbocycles. The molecule has 1 unspecified atom stereocenters. The summed E-state index contributed by atoms with van der Waals surface area (Å²) in [5.74, 6) is 1.44. The lowest BCUT2D eigenvalue weighted by atomic mass is 10.1. The fourth-order valence-corrected chi connectivity index (χ4v) is 2.22.